The molecule has 112 valence electrons. The van der Waals surface area contributed by atoms with Crippen LogP contribution in [0.15, 0.2) is 47.9 Å². The molecule has 0 unspecified atom stereocenters. The van der Waals surface area contributed by atoms with Gasteiger partial charge in [-0.2, -0.15) is 0 Å². The maximum atomic E-state index is 11.6. The number of carbonyl (C=O) groups excluding carboxylic acids is 2. The highest BCUT2D eigenvalue weighted by molar-refractivity contribution is 7.12. The largest absolute Gasteiger partial charge is 0.279 e. The van der Waals surface area contributed by atoms with Crippen LogP contribution in [0.1, 0.15) is 15.2 Å². The highest BCUT2D eigenvalue weighted by atomic mass is 32.1. The Morgan fingerprint density at radius 3 is 2.68 bits per heavy atom. The highest BCUT2D eigenvalue weighted by Gasteiger charge is 2.07. The monoisotopic (exact) mass is 317 g/mol. The number of hydrogen-bond acceptors (Lipinski definition) is 5. The fraction of sp³-hybridized carbons (Fsp3) is 0. The first-order chi connectivity index (χ1) is 10.6. The second-order valence-electron chi connectivity index (χ2n) is 4.11. The summed E-state index contributed by atoms with van der Waals surface area (Å²) in [5.41, 5.74) is 4.94. The molecule has 2 rings (SSSR count). The summed E-state index contributed by atoms with van der Waals surface area (Å²) in [5, 5.41) is 12.4. The Bertz CT molecular complexity index is 725. The number of nitrogens with one attached hydrogen (secondary N) is 2. The summed E-state index contributed by atoms with van der Waals surface area (Å²) in [5.74, 6) is -0.955. The first kappa shape index (κ1) is 15.4. The molecule has 0 saturated carbocycles. The van der Waals surface area contributed by atoms with Crippen LogP contribution in [0.25, 0.3) is 6.08 Å². The molecule has 2 amide bonds. The molecule has 7 nitrogen and oxygen atoms in total. The SMILES string of the molecule is O=C(/C=C/c1cccc([N+](=O)[O-])c1)NNC(=O)c1cccs1. The normalized spacial score (nSPS) is 10.4. The van der Waals surface area contributed by atoms with E-state index in [1.54, 1.807) is 23.6 Å². The number of hydrogen-bond donors (Lipinski definition) is 2. The Hall–Kier alpha value is -3.00. The van der Waals surface area contributed by atoms with Crippen molar-refractivity contribution in [2.24, 2.45) is 0 Å². The average Bonchev–Trinajstić information content (AvgIpc) is 3.05. The summed E-state index contributed by atoms with van der Waals surface area (Å²) in [6.45, 7) is 0. The van der Waals surface area contributed by atoms with Crippen molar-refractivity contribution in [1.29, 1.82) is 0 Å². The molecule has 0 fully saturated rings. The van der Waals surface area contributed by atoms with E-state index in [2.05, 4.69) is 10.9 Å². The summed E-state index contributed by atoms with van der Waals surface area (Å²) < 4.78 is 0. The van der Waals surface area contributed by atoms with Gasteiger partial charge < -0.3 is 0 Å². The van der Waals surface area contributed by atoms with Gasteiger partial charge in [-0.1, -0.05) is 18.2 Å². The standard InChI is InChI=1S/C14H11N3O4S/c18-13(15-16-14(19)12-5-2-8-22-12)7-6-10-3-1-4-11(9-10)17(20)21/h1-9H,(H,15,18)(H,16,19)/b7-6+. The molecule has 1 aromatic carbocycles. The number of rotatable bonds is 4. The molecule has 1 aromatic heterocycles. The van der Waals surface area contributed by atoms with E-state index < -0.39 is 16.7 Å². The van der Waals surface area contributed by atoms with Gasteiger partial charge in [-0.3, -0.25) is 30.6 Å². The molecule has 2 aromatic rings. The lowest BCUT2D eigenvalue weighted by Crippen LogP contribution is -2.40. The molecule has 2 N–H and O–H groups in total. The minimum absolute atomic E-state index is 0.0615. The number of nitro groups is 1. The van der Waals surface area contributed by atoms with Crippen molar-refractivity contribution >= 4 is 34.9 Å². The molecule has 0 atom stereocenters. The van der Waals surface area contributed by atoms with Crippen LogP contribution >= 0.6 is 11.3 Å². The topological polar surface area (TPSA) is 101 Å². The maximum Gasteiger partial charge on any atom is 0.279 e. The number of amides is 2. The van der Waals surface area contributed by atoms with Gasteiger partial charge in [-0.15, -0.1) is 11.3 Å². The molecule has 0 aliphatic heterocycles. The molecule has 22 heavy (non-hydrogen) atoms. The Morgan fingerprint density at radius 1 is 1.18 bits per heavy atom. The molecule has 0 bridgehead atoms. The number of nitro benzene ring substituents is 1. The first-order valence-corrected chi connectivity index (χ1v) is 7.00. The van der Waals surface area contributed by atoms with Crippen molar-refractivity contribution in [2.45, 2.75) is 0 Å². The lowest BCUT2D eigenvalue weighted by molar-refractivity contribution is -0.384. The van der Waals surface area contributed by atoms with Crippen LogP contribution in [-0.2, 0) is 4.79 Å². The molecule has 0 spiro atoms. The predicted octanol–water partition coefficient (Wildman–Crippen LogP) is 2.13. The quantitative estimate of drug-likeness (QED) is 0.512. The molecular weight excluding hydrogens is 306 g/mol. The fourth-order valence-corrected chi connectivity index (χ4v) is 2.16. The molecule has 0 aliphatic rings. The molecule has 0 aliphatic carbocycles. The molecule has 0 radical (unpaired) electrons. The fourth-order valence-electron chi connectivity index (χ4n) is 1.54. The van der Waals surface area contributed by atoms with Gasteiger partial charge in [0.1, 0.15) is 0 Å². The summed E-state index contributed by atoms with van der Waals surface area (Å²) in [6.07, 6.45) is 2.59. The predicted molar refractivity (Wildman–Crippen MR) is 82.1 cm³/mol. The summed E-state index contributed by atoms with van der Waals surface area (Å²) in [7, 11) is 0. The third-order valence-corrected chi connectivity index (χ3v) is 3.42. The van der Waals surface area contributed by atoms with Crippen LogP contribution in [0.2, 0.25) is 0 Å². The van der Waals surface area contributed by atoms with Crippen LogP contribution in [0, 0.1) is 10.1 Å². The van der Waals surface area contributed by atoms with Gasteiger partial charge in [0.2, 0.25) is 0 Å². The third kappa shape index (κ3) is 4.25. The third-order valence-electron chi connectivity index (χ3n) is 2.55. The van der Waals surface area contributed by atoms with Crippen molar-refractivity contribution in [3.05, 3.63) is 68.4 Å². The van der Waals surface area contributed by atoms with E-state index in [0.717, 1.165) is 0 Å². The minimum atomic E-state index is -0.545. The zero-order valence-corrected chi connectivity index (χ0v) is 12.0. The first-order valence-electron chi connectivity index (χ1n) is 6.12. The van der Waals surface area contributed by atoms with Crippen LogP contribution in [0.3, 0.4) is 0 Å². The zero-order valence-electron chi connectivity index (χ0n) is 11.2. The summed E-state index contributed by atoms with van der Waals surface area (Å²) >= 11 is 1.25. The number of non-ortho nitro benzene ring substituents is 1. The lowest BCUT2D eigenvalue weighted by atomic mass is 10.2. The van der Waals surface area contributed by atoms with Gasteiger partial charge >= 0.3 is 0 Å². The van der Waals surface area contributed by atoms with Gasteiger partial charge in [-0.05, 0) is 23.1 Å². The van der Waals surface area contributed by atoms with Crippen molar-refractivity contribution in [3.63, 3.8) is 0 Å². The van der Waals surface area contributed by atoms with Crippen LogP contribution in [-0.4, -0.2) is 16.7 Å². The van der Waals surface area contributed by atoms with E-state index >= 15 is 0 Å². The van der Waals surface area contributed by atoms with E-state index in [1.807, 2.05) is 0 Å². The maximum absolute atomic E-state index is 11.6. The van der Waals surface area contributed by atoms with Gasteiger partial charge in [-0.25, -0.2) is 0 Å². The van der Waals surface area contributed by atoms with Crippen molar-refractivity contribution in [2.75, 3.05) is 0 Å². The van der Waals surface area contributed by atoms with Gasteiger partial charge in [0, 0.05) is 18.2 Å². The second-order valence-corrected chi connectivity index (χ2v) is 5.05. The van der Waals surface area contributed by atoms with Gasteiger partial charge in [0.05, 0.1) is 9.80 Å². The highest BCUT2D eigenvalue weighted by Crippen LogP contribution is 2.14. The molecular formula is C14H11N3O4S. The zero-order chi connectivity index (χ0) is 15.9. The van der Waals surface area contributed by atoms with Gasteiger partial charge in [0.15, 0.2) is 0 Å². The van der Waals surface area contributed by atoms with Crippen molar-refractivity contribution in [1.82, 2.24) is 10.9 Å². The Morgan fingerprint density at radius 2 is 2.00 bits per heavy atom. The Labute approximate surface area is 129 Å². The number of carbonyl (C=O) groups is 2. The van der Waals surface area contributed by atoms with E-state index in [1.165, 1.54) is 41.7 Å². The van der Waals surface area contributed by atoms with E-state index in [9.17, 15) is 19.7 Å². The Balaban J connectivity index is 1.90. The summed E-state index contributed by atoms with van der Waals surface area (Å²) in [4.78, 5) is 33.8. The van der Waals surface area contributed by atoms with Crippen LogP contribution in [0.5, 0.6) is 0 Å². The molecule has 0 saturated heterocycles. The minimum Gasteiger partial charge on any atom is -0.268 e. The van der Waals surface area contributed by atoms with Crippen LogP contribution in [0.4, 0.5) is 5.69 Å². The van der Waals surface area contributed by atoms with E-state index in [0.29, 0.717) is 10.4 Å². The number of nitrogens with zero attached hydrogens (tertiary/aromatic N) is 1. The smallest absolute Gasteiger partial charge is 0.268 e. The molecule has 8 heteroatoms. The number of thiophene rings is 1. The van der Waals surface area contributed by atoms with E-state index in [-0.39, 0.29) is 5.69 Å². The lowest BCUT2D eigenvalue weighted by Gasteiger charge is -2.02. The molecule has 1 heterocycles. The average molecular weight is 317 g/mol. The van der Waals surface area contributed by atoms with Crippen LogP contribution < -0.4 is 10.9 Å². The Kier molecular flexibility index (Phi) is 4.99. The van der Waals surface area contributed by atoms with Gasteiger partial charge in [0.25, 0.3) is 17.5 Å². The second kappa shape index (κ2) is 7.14. The van der Waals surface area contributed by atoms with Crippen molar-refractivity contribution < 1.29 is 14.5 Å². The summed E-state index contributed by atoms with van der Waals surface area (Å²) in [6, 6.07) is 9.21. The number of benzene rings is 1. The van der Waals surface area contributed by atoms with E-state index in [4.69, 9.17) is 0 Å². The van der Waals surface area contributed by atoms with Crippen molar-refractivity contribution in [3.8, 4) is 0 Å². The number of hydrazine groups is 1.